The smallest absolute Gasteiger partial charge is 0.241 e. The molecule has 0 radical (unpaired) electrons. The number of pyridine rings is 1. The molecule has 0 saturated carbocycles. The molecule has 0 bridgehead atoms. The van der Waals surface area contributed by atoms with Gasteiger partial charge >= 0.3 is 0 Å². The molecule has 0 aliphatic heterocycles. The third-order valence-electron chi connectivity index (χ3n) is 4.15. The first-order valence-corrected chi connectivity index (χ1v) is 8.73. The average molecular weight is 371 g/mol. The van der Waals surface area contributed by atoms with Crippen molar-refractivity contribution >= 4 is 11.8 Å². The standard InChI is InChI=1S/C21H17N5O2/c1-14-7-10-23-17(11-14)20-19(16-8-9-22-13-24-16)21(28-26-20)25-18(27)12-15-5-3-2-4-6-15/h2-11,13H,12H2,1H3,(H,25,27). The number of aryl methyl sites for hydroxylation is 1. The Morgan fingerprint density at radius 3 is 2.64 bits per heavy atom. The lowest BCUT2D eigenvalue weighted by Gasteiger charge is -2.06. The first kappa shape index (κ1) is 17.5. The molecule has 0 aliphatic carbocycles. The van der Waals surface area contributed by atoms with E-state index in [1.807, 2.05) is 49.4 Å². The highest BCUT2D eigenvalue weighted by molar-refractivity contribution is 5.97. The van der Waals surface area contributed by atoms with Gasteiger partial charge in [0.25, 0.3) is 0 Å². The topological polar surface area (TPSA) is 93.8 Å². The first-order valence-electron chi connectivity index (χ1n) is 8.73. The number of carbonyl (C=O) groups is 1. The summed E-state index contributed by atoms with van der Waals surface area (Å²) < 4.78 is 5.47. The summed E-state index contributed by atoms with van der Waals surface area (Å²) in [6.45, 7) is 1.97. The molecule has 4 rings (SSSR count). The van der Waals surface area contributed by atoms with Crippen molar-refractivity contribution in [2.75, 3.05) is 5.32 Å². The second-order valence-corrected chi connectivity index (χ2v) is 6.26. The number of anilines is 1. The van der Waals surface area contributed by atoms with E-state index in [-0.39, 0.29) is 18.2 Å². The largest absolute Gasteiger partial charge is 0.337 e. The maximum absolute atomic E-state index is 12.5. The molecule has 3 heterocycles. The zero-order valence-corrected chi connectivity index (χ0v) is 15.2. The predicted octanol–water partition coefficient (Wildman–Crippen LogP) is 3.68. The van der Waals surface area contributed by atoms with Crippen LogP contribution in [0.5, 0.6) is 0 Å². The van der Waals surface area contributed by atoms with E-state index >= 15 is 0 Å². The number of nitrogens with zero attached hydrogens (tertiary/aromatic N) is 4. The van der Waals surface area contributed by atoms with E-state index in [2.05, 4.69) is 25.4 Å². The van der Waals surface area contributed by atoms with Crippen molar-refractivity contribution in [2.24, 2.45) is 0 Å². The second-order valence-electron chi connectivity index (χ2n) is 6.26. The van der Waals surface area contributed by atoms with Crippen molar-refractivity contribution < 1.29 is 9.32 Å². The third kappa shape index (κ3) is 3.78. The molecule has 0 atom stereocenters. The van der Waals surface area contributed by atoms with Gasteiger partial charge in [0, 0.05) is 12.4 Å². The molecule has 0 unspecified atom stereocenters. The van der Waals surface area contributed by atoms with Crippen LogP contribution in [0, 0.1) is 6.92 Å². The third-order valence-corrected chi connectivity index (χ3v) is 4.15. The van der Waals surface area contributed by atoms with Crippen molar-refractivity contribution in [1.29, 1.82) is 0 Å². The number of carbonyl (C=O) groups excluding carboxylic acids is 1. The Kier molecular flexibility index (Phi) is 4.88. The number of rotatable bonds is 5. The number of hydrogen-bond donors (Lipinski definition) is 1. The van der Waals surface area contributed by atoms with E-state index in [9.17, 15) is 4.79 Å². The maximum atomic E-state index is 12.5. The van der Waals surface area contributed by atoms with Crippen LogP contribution in [0.3, 0.4) is 0 Å². The Hall–Kier alpha value is -3.87. The van der Waals surface area contributed by atoms with Crippen molar-refractivity contribution in [3.63, 3.8) is 0 Å². The minimum atomic E-state index is -0.207. The molecule has 1 N–H and O–H groups in total. The van der Waals surface area contributed by atoms with Gasteiger partial charge in [-0.15, -0.1) is 0 Å². The Morgan fingerprint density at radius 1 is 1.04 bits per heavy atom. The number of aromatic nitrogens is 4. The highest BCUT2D eigenvalue weighted by atomic mass is 16.5. The number of hydrogen-bond acceptors (Lipinski definition) is 6. The van der Waals surface area contributed by atoms with Crippen LogP contribution in [0.2, 0.25) is 0 Å². The maximum Gasteiger partial charge on any atom is 0.241 e. The van der Waals surface area contributed by atoms with Crippen LogP contribution >= 0.6 is 0 Å². The molecule has 3 aromatic heterocycles. The number of amides is 1. The van der Waals surface area contributed by atoms with Gasteiger partial charge in [0.05, 0.1) is 23.4 Å². The highest BCUT2D eigenvalue weighted by Gasteiger charge is 2.23. The van der Waals surface area contributed by atoms with Gasteiger partial charge in [0.2, 0.25) is 11.8 Å². The molecule has 7 nitrogen and oxygen atoms in total. The molecule has 0 fully saturated rings. The van der Waals surface area contributed by atoms with E-state index in [1.165, 1.54) is 6.33 Å². The second kappa shape index (κ2) is 7.79. The zero-order chi connectivity index (χ0) is 19.3. The molecule has 4 aromatic rings. The van der Waals surface area contributed by atoms with E-state index < -0.39 is 0 Å². The van der Waals surface area contributed by atoms with Gasteiger partial charge in [-0.05, 0) is 36.2 Å². The van der Waals surface area contributed by atoms with E-state index in [0.29, 0.717) is 22.6 Å². The molecule has 138 valence electrons. The molecule has 1 amide bonds. The highest BCUT2D eigenvalue weighted by Crippen LogP contribution is 2.36. The van der Waals surface area contributed by atoms with Crippen molar-refractivity contribution in [3.8, 4) is 22.6 Å². The lowest BCUT2D eigenvalue weighted by molar-refractivity contribution is -0.115. The normalized spacial score (nSPS) is 10.6. The summed E-state index contributed by atoms with van der Waals surface area (Å²) in [6, 6.07) is 15.0. The van der Waals surface area contributed by atoms with E-state index in [1.54, 1.807) is 18.5 Å². The average Bonchev–Trinajstić information content (AvgIpc) is 3.13. The van der Waals surface area contributed by atoms with Crippen LogP contribution in [0.4, 0.5) is 5.88 Å². The van der Waals surface area contributed by atoms with Crippen LogP contribution in [-0.2, 0) is 11.2 Å². The van der Waals surface area contributed by atoms with Crippen molar-refractivity contribution in [3.05, 3.63) is 78.4 Å². The van der Waals surface area contributed by atoms with Crippen LogP contribution in [0.1, 0.15) is 11.1 Å². The van der Waals surface area contributed by atoms with Gasteiger partial charge in [0.15, 0.2) is 0 Å². The van der Waals surface area contributed by atoms with Crippen molar-refractivity contribution in [1.82, 2.24) is 20.1 Å². The Labute approximate surface area is 161 Å². The van der Waals surface area contributed by atoms with Gasteiger partial charge in [-0.1, -0.05) is 35.5 Å². The molecular weight excluding hydrogens is 354 g/mol. The molecule has 1 aromatic carbocycles. The molecule has 0 saturated heterocycles. The molecular formula is C21H17N5O2. The van der Waals surface area contributed by atoms with E-state index in [4.69, 9.17) is 4.52 Å². The quantitative estimate of drug-likeness (QED) is 0.575. The fraction of sp³-hybridized carbons (Fsp3) is 0.0952. The van der Waals surface area contributed by atoms with Gasteiger partial charge in [-0.3, -0.25) is 15.1 Å². The summed E-state index contributed by atoms with van der Waals surface area (Å²) >= 11 is 0. The Bertz CT molecular complexity index is 1090. The summed E-state index contributed by atoms with van der Waals surface area (Å²) in [5, 5.41) is 6.96. The fourth-order valence-corrected chi connectivity index (χ4v) is 2.84. The van der Waals surface area contributed by atoms with Gasteiger partial charge < -0.3 is 4.52 Å². The first-order chi connectivity index (χ1) is 13.7. The fourth-order valence-electron chi connectivity index (χ4n) is 2.84. The van der Waals surface area contributed by atoms with Crippen molar-refractivity contribution in [2.45, 2.75) is 13.3 Å². The Balaban J connectivity index is 1.70. The van der Waals surface area contributed by atoms with Gasteiger partial charge in [-0.2, -0.15) is 0 Å². The summed E-state index contributed by atoms with van der Waals surface area (Å²) in [5.41, 5.74) is 4.25. The lowest BCUT2D eigenvalue weighted by atomic mass is 10.1. The van der Waals surface area contributed by atoms with Gasteiger partial charge in [-0.25, -0.2) is 9.97 Å². The predicted molar refractivity (Wildman–Crippen MR) is 104 cm³/mol. The number of benzene rings is 1. The molecule has 0 aliphatic rings. The molecule has 7 heteroatoms. The zero-order valence-electron chi connectivity index (χ0n) is 15.2. The Morgan fingerprint density at radius 2 is 1.89 bits per heavy atom. The van der Waals surface area contributed by atoms with Crippen LogP contribution < -0.4 is 5.32 Å². The summed E-state index contributed by atoms with van der Waals surface area (Å²) in [5.74, 6) is 0.0272. The minimum absolute atomic E-state index is 0.207. The van der Waals surface area contributed by atoms with Crippen LogP contribution in [0.15, 0.2) is 71.8 Å². The summed E-state index contributed by atoms with van der Waals surface area (Å²) in [7, 11) is 0. The molecule has 28 heavy (non-hydrogen) atoms. The van der Waals surface area contributed by atoms with Crippen LogP contribution in [0.25, 0.3) is 22.6 Å². The van der Waals surface area contributed by atoms with Gasteiger partial charge in [0.1, 0.15) is 12.0 Å². The monoisotopic (exact) mass is 371 g/mol. The summed E-state index contributed by atoms with van der Waals surface area (Å²) in [4.78, 5) is 25.1. The molecule has 0 spiro atoms. The minimum Gasteiger partial charge on any atom is -0.337 e. The summed E-state index contributed by atoms with van der Waals surface area (Å²) in [6.07, 6.45) is 4.99. The SMILES string of the molecule is Cc1ccnc(-c2noc(NC(=O)Cc3ccccc3)c2-c2ccncn2)c1. The number of nitrogens with one attached hydrogen (secondary N) is 1. The lowest BCUT2D eigenvalue weighted by Crippen LogP contribution is -2.14. The van der Waals surface area contributed by atoms with E-state index in [0.717, 1.165) is 11.1 Å². The van der Waals surface area contributed by atoms with Crippen LogP contribution in [-0.4, -0.2) is 26.0 Å².